The van der Waals surface area contributed by atoms with Gasteiger partial charge >= 0.3 is 0 Å². The number of amidine groups is 1. The smallest absolute Gasteiger partial charge is 0.265 e. The molecule has 0 aliphatic rings. The molecule has 0 saturated carbocycles. The molecule has 0 aliphatic carbocycles. The van der Waals surface area contributed by atoms with Crippen molar-refractivity contribution in [3.05, 3.63) is 95.6 Å². The van der Waals surface area contributed by atoms with Gasteiger partial charge in [0.1, 0.15) is 17.6 Å². The summed E-state index contributed by atoms with van der Waals surface area (Å²) in [5.74, 6) is -2.02. The Morgan fingerprint density at radius 2 is 1.59 bits per heavy atom. The van der Waals surface area contributed by atoms with Crippen LogP contribution in [0, 0.1) is 5.41 Å². The number of imide groups is 1. The van der Waals surface area contributed by atoms with Crippen molar-refractivity contribution in [3.8, 4) is 5.75 Å². The first-order valence-electron chi connectivity index (χ1n) is 10.4. The van der Waals surface area contributed by atoms with Crippen LogP contribution in [0.3, 0.4) is 0 Å². The van der Waals surface area contributed by atoms with Gasteiger partial charge in [-0.1, -0.05) is 42.5 Å². The lowest BCUT2D eigenvalue weighted by Crippen LogP contribution is -2.53. The minimum atomic E-state index is -1.11. The van der Waals surface area contributed by atoms with Crippen molar-refractivity contribution in [3.63, 3.8) is 0 Å². The molecule has 1 atom stereocenters. The number of nitrogens with zero attached hydrogens (tertiary/aromatic N) is 1. The summed E-state index contributed by atoms with van der Waals surface area (Å²) in [4.78, 5) is 40.4. The van der Waals surface area contributed by atoms with E-state index in [1.165, 1.54) is 24.3 Å². The van der Waals surface area contributed by atoms with Gasteiger partial charge in [0.25, 0.3) is 11.8 Å². The normalized spacial score (nSPS) is 11.3. The number of aromatic hydroxyl groups is 1. The molecule has 0 unspecified atom stereocenters. The highest BCUT2D eigenvalue weighted by atomic mass is 16.3. The number of hydrogen-bond donors (Lipinski definition) is 5. The Morgan fingerprint density at radius 1 is 0.941 bits per heavy atom. The van der Waals surface area contributed by atoms with E-state index in [9.17, 15) is 19.5 Å². The number of phenols is 1. The molecule has 0 fully saturated rings. The molecule has 3 rings (SSSR count). The van der Waals surface area contributed by atoms with E-state index in [4.69, 9.17) is 16.9 Å². The Kier molecular flexibility index (Phi) is 7.73. The van der Waals surface area contributed by atoms with E-state index in [0.717, 1.165) is 4.90 Å². The molecule has 0 bridgehead atoms. The van der Waals surface area contributed by atoms with Crippen molar-refractivity contribution >= 4 is 29.2 Å². The number of phenolic OH excluding ortho intramolecular Hbond substituents is 1. The Balaban J connectivity index is 2.03. The first kappa shape index (κ1) is 24.1. The highest BCUT2D eigenvalue weighted by Gasteiger charge is 2.32. The van der Waals surface area contributed by atoms with E-state index in [1.807, 2.05) is 0 Å². The second-order valence-electron chi connectivity index (χ2n) is 7.50. The molecule has 0 aliphatic heterocycles. The molecule has 3 aromatic rings. The van der Waals surface area contributed by atoms with Crippen molar-refractivity contribution in [2.24, 2.45) is 11.5 Å². The van der Waals surface area contributed by atoms with Crippen LogP contribution in [0.2, 0.25) is 0 Å². The largest absolute Gasteiger partial charge is 0.508 e. The summed E-state index contributed by atoms with van der Waals surface area (Å²) in [5.41, 5.74) is 12.5. The van der Waals surface area contributed by atoms with Crippen LogP contribution in [-0.2, 0) is 16.0 Å². The molecular formula is C25H25N5O4. The molecule has 0 heterocycles. The molecule has 9 nitrogen and oxygen atoms in total. The minimum absolute atomic E-state index is 0.0593. The maximum absolute atomic E-state index is 13.7. The van der Waals surface area contributed by atoms with Gasteiger partial charge in [-0.3, -0.25) is 19.8 Å². The number of amides is 3. The fourth-order valence-corrected chi connectivity index (χ4v) is 3.35. The molecule has 34 heavy (non-hydrogen) atoms. The zero-order chi connectivity index (χ0) is 24.7. The quantitative estimate of drug-likeness (QED) is 0.253. The van der Waals surface area contributed by atoms with Gasteiger partial charge in [-0.25, -0.2) is 4.90 Å². The van der Waals surface area contributed by atoms with E-state index in [-0.39, 0.29) is 30.1 Å². The third-order valence-corrected chi connectivity index (χ3v) is 5.05. The fourth-order valence-electron chi connectivity index (χ4n) is 3.35. The summed E-state index contributed by atoms with van der Waals surface area (Å²) in [5, 5.41) is 19.8. The summed E-state index contributed by atoms with van der Waals surface area (Å²) in [6.45, 7) is -0.334. The van der Waals surface area contributed by atoms with Crippen LogP contribution in [0.25, 0.3) is 0 Å². The van der Waals surface area contributed by atoms with Crippen LogP contribution in [0.4, 0.5) is 5.69 Å². The first-order chi connectivity index (χ1) is 16.3. The van der Waals surface area contributed by atoms with Gasteiger partial charge in [0.15, 0.2) is 0 Å². The second-order valence-corrected chi connectivity index (χ2v) is 7.50. The van der Waals surface area contributed by atoms with E-state index in [2.05, 4.69) is 5.32 Å². The second kappa shape index (κ2) is 10.9. The van der Waals surface area contributed by atoms with Gasteiger partial charge in [0.2, 0.25) is 5.91 Å². The Morgan fingerprint density at radius 3 is 2.21 bits per heavy atom. The summed E-state index contributed by atoms with van der Waals surface area (Å²) in [7, 11) is 0. The van der Waals surface area contributed by atoms with Crippen molar-refractivity contribution < 1.29 is 19.5 Å². The van der Waals surface area contributed by atoms with Crippen molar-refractivity contribution in [2.45, 2.75) is 12.5 Å². The van der Waals surface area contributed by atoms with Crippen molar-refractivity contribution in [2.75, 3.05) is 11.4 Å². The SMILES string of the molecule is N=C(N)c1cccc(C(=O)N(C(=O)[C@@H](Cc2ccc(O)cc2)NC(=O)CN)c2ccccc2)c1. The standard InChI is InChI=1S/C25H25N5O4/c26-15-22(32)29-21(13-16-9-11-20(31)12-10-16)25(34)30(19-7-2-1-3-8-19)24(33)18-6-4-5-17(14-18)23(27)28/h1-12,14,21,31H,13,15,26H2,(H3,27,28)(H,29,32)/t21-/m1/s1. The highest BCUT2D eigenvalue weighted by molar-refractivity contribution is 6.23. The summed E-state index contributed by atoms with van der Waals surface area (Å²) < 4.78 is 0. The van der Waals surface area contributed by atoms with E-state index < -0.39 is 23.8 Å². The third-order valence-electron chi connectivity index (χ3n) is 5.05. The average molecular weight is 460 g/mol. The Labute approximate surface area is 196 Å². The van der Waals surface area contributed by atoms with Crippen molar-refractivity contribution in [1.29, 1.82) is 5.41 Å². The van der Waals surface area contributed by atoms with Gasteiger partial charge in [0.05, 0.1) is 12.2 Å². The molecular weight excluding hydrogens is 434 g/mol. The lowest BCUT2D eigenvalue weighted by molar-refractivity contribution is -0.126. The molecule has 3 aromatic carbocycles. The summed E-state index contributed by atoms with van der Waals surface area (Å²) in [6, 6.07) is 19.5. The van der Waals surface area contributed by atoms with E-state index >= 15 is 0 Å². The molecule has 0 aromatic heterocycles. The maximum Gasteiger partial charge on any atom is 0.265 e. The summed E-state index contributed by atoms with van der Waals surface area (Å²) >= 11 is 0. The lowest BCUT2D eigenvalue weighted by Gasteiger charge is -2.27. The van der Waals surface area contributed by atoms with Crippen LogP contribution in [-0.4, -0.2) is 41.3 Å². The molecule has 9 heteroatoms. The predicted molar refractivity (Wildman–Crippen MR) is 129 cm³/mol. The van der Waals surface area contributed by atoms with Gasteiger partial charge in [-0.2, -0.15) is 0 Å². The molecule has 0 saturated heterocycles. The maximum atomic E-state index is 13.7. The fraction of sp³-hybridized carbons (Fsp3) is 0.120. The highest BCUT2D eigenvalue weighted by Crippen LogP contribution is 2.21. The molecule has 0 spiro atoms. The molecule has 3 amide bonds. The van der Waals surface area contributed by atoms with Crippen molar-refractivity contribution in [1.82, 2.24) is 5.32 Å². The lowest BCUT2D eigenvalue weighted by atomic mass is 10.0. The van der Waals surface area contributed by atoms with Crippen LogP contribution in [0.5, 0.6) is 5.75 Å². The topological polar surface area (TPSA) is 163 Å². The number of hydrogen-bond acceptors (Lipinski definition) is 6. The van der Waals surface area contributed by atoms with Crippen LogP contribution < -0.4 is 21.7 Å². The molecule has 0 radical (unpaired) electrons. The Hall–Kier alpha value is -4.50. The number of nitrogens with one attached hydrogen (secondary N) is 2. The van der Waals surface area contributed by atoms with Crippen LogP contribution in [0.15, 0.2) is 78.9 Å². The van der Waals surface area contributed by atoms with Gasteiger partial charge in [-0.05, 0) is 42.0 Å². The predicted octanol–water partition coefficient (Wildman–Crippen LogP) is 1.54. The zero-order valence-corrected chi connectivity index (χ0v) is 18.3. The monoisotopic (exact) mass is 459 g/mol. The van der Waals surface area contributed by atoms with Gasteiger partial charge < -0.3 is 21.9 Å². The van der Waals surface area contributed by atoms with Crippen LogP contribution >= 0.6 is 0 Å². The molecule has 174 valence electrons. The molecule has 7 N–H and O–H groups in total. The van der Waals surface area contributed by atoms with Gasteiger partial charge in [0, 0.05) is 17.5 Å². The minimum Gasteiger partial charge on any atom is -0.508 e. The number of benzene rings is 3. The summed E-state index contributed by atoms with van der Waals surface area (Å²) in [6.07, 6.45) is 0.0644. The number of rotatable bonds is 8. The number of anilines is 1. The van der Waals surface area contributed by atoms with E-state index in [1.54, 1.807) is 54.6 Å². The zero-order valence-electron chi connectivity index (χ0n) is 18.3. The number of nitrogen functional groups attached to an aromatic ring is 1. The number of nitrogens with two attached hydrogens (primary N) is 2. The number of carbonyl (C=O) groups is 3. The number of para-hydroxylation sites is 1. The van der Waals surface area contributed by atoms with Crippen LogP contribution in [0.1, 0.15) is 21.5 Å². The van der Waals surface area contributed by atoms with Gasteiger partial charge in [-0.15, -0.1) is 0 Å². The Bertz CT molecular complexity index is 1200. The third kappa shape index (κ3) is 5.84. The number of carbonyl (C=O) groups excluding carboxylic acids is 3. The van der Waals surface area contributed by atoms with E-state index in [0.29, 0.717) is 16.8 Å². The average Bonchev–Trinajstić information content (AvgIpc) is 2.85. The first-order valence-corrected chi connectivity index (χ1v) is 10.4.